The van der Waals surface area contributed by atoms with Gasteiger partial charge in [-0.3, -0.25) is 9.59 Å². The average Bonchev–Trinajstić information content (AvgIpc) is 1.60. The Labute approximate surface area is 755 Å². The van der Waals surface area contributed by atoms with Crippen molar-refractivity contribution in [3.05, 3.63) is 323 Å². The molecule has 0 spiro atoms. The molecule has 4 aliphatic heterocycles. The number of aromatic nitrogens is 8. The fourth-order valence-corrected chi connectivity index (χ4v) is 20.7. The Bertz CT molecular complexity index is 6510. The summed E-state index contributed by atoms with van der Waals surface area (Å²) >= 11 is 85.2. The molecule has 0 fully saturated rings. The lowest BCUT2D eigenvalue weighted by atomic mass is 10.0. The third-order valence-corrected chi connectivity index (χ3v) is 26.9. The Kier molecular flexibility index (Phi) is 23.3. The third-order valence-electron chi connectivity index (χ3n) is 20.7. The maximum atomic E-state index is 14.0. The minimum absolute atomic E-state index is 0.248. The first-order valence-corrected chi connectivity index (χ1v) is 44.3. The highest BCUT2D eigenvalue weighted by Crippen LogP contribution is 2.50. The molecule has 12 nitrogen and oxygen atoms in total. The number of hydrogen-bond donors (Lipinski definition) is 6. The van der Waals surface area contributed by atoms with Crippen LogP contribution in [0.2, 0.25) is 60.3 Å². The van der Waals surface area contributed by atoms with E-state index in [1.165, 1.54) is 0 Å². The average molecular weight is 1850 g/mol. The predicted octanol–water partition coefficient (Wildman–Crippen LogP) is 30.3. The number of halogens is 12. The number of nitrogens with one attached hydrogen (secondary N) is 6. The second-order valence-electron chi connectivity index (χ2n) is 27.9. The first-order valence-electron chi connectivity index (χ1n) is 37.3. The van der Waals surface area contributed by atoms with E-state index in [9.17, 15) is 9.59 Å². The molecule has 120 heavy (non-hydrogen) atoms. The number of benzene rings is 8. The maximum Gasteiger partial charge on any atom is 0.251 e. The van der Waals surface area contributed by atoms with E-state index in [-0.39, 0.29) is 11.8 Å². The normalized spacial score (nSPS) is 12.1. The summed E-state index contributed by atoms with van der Waals surface area (Å²) in [7, 11) is 3.18. The quantitative estimate of drug-likeness (QED) is 0.0386. The maximum absolute atomic E-state index is 14.0. The van der Waals surface area contributed by atoms with Gasteiger partial charge in [0.1, 0.15) is 0 Å². The van der Waals surface area contributed by atoms with Gasteiger partial charge in [0, 0.05) is 158 Å². The molecule has 14 aromatic rings. The van der Waals surface area contributed by atoms with Crippen LogP contribution in [0.5, 0.6) is 0 Å². The van der Waals surface area contributed by atoms with Crippen LogP contribution < -0.4 is 10.6 Å². The number of carbonyl (C=O) groups is 2. The van der Waals surface area contributed by atoms with Gasteiger partial charge in [0.25, 0.3) is 11.8 Å². The van der Waals surface area contributed by atoms with Gasteiger partial charge in [-0.1, -0.05) is 221 Å². The summed E-state index contributed by atoms with van der Waals surface area (Å²) in [6.07, 6.45) is 15.4. The van der Waals surface area contributed by atoms with E-state index in [0.29, 0.717) is 252 Å². The molecule has 590 valence electrons. The molecule has 0 atom stereocenters. The number of nitrogens with zero attached hydrogens (tertiary/aromatic N) is 4. The molecule has 26 heteroatoms. The van der Waals surface area contributed by atoms with Crippen LogP contribution >= 0.6 is 161 Å². The first kappa shape index (κ1) is 81.1. The molecule has 8 aromatic carbocycles. The minimum Gasteiger partial charge on any atom is -0.354 e. The van der Waals surface area contributed by atoms with Crippen molar-refractivity contribution < 1.29 is 9.59 Å². The van der Waals surface area contributed by atoms with Gasteiger partial charge in [-0.2, -0.15) is 0 Å². The number of carbonyl (C=O) groups excluding carboxylic acids is 2. The van der Waals surface area contributed by atoms with Crippen LogP contribution in [0.4, 0.5) is 0 Å². The lowest BCUT2D eigenvalue weighted by Crippen LogP contribution is -2.26. The van der Waals surface area contributed by atoms with Crippen molar-refractivity contribution in [3.63, 3.8) is 0 Å². The Morgan fingerprint density at radius 3 is 0.600 bits per heavy atom. The number of H-pyrrole nitrogens is 4. The zero-order valence-corrected chi connectivity index (χ0v) is 72.7. The molecule has 0 saturated heterocycles. The summed E-state index contributed by atoms with van der Waals surface area (Å²) in [6, 6.07) is 62.6. The van der Waals surface area contributed by atoms with Gasteiger partial charge in [-0.25, -0.2) is 19.9 Å². The number of hydrogen-bond acceptors (Lipinski definition) is 8. The fraction of sp³-hybridized carbons (Fsp3) is 0.0426. The van der Waals surface area contributed by atoms with Crippen molar-refractivity contribution in [1.82, 2.24) is 50.5 Å². The van der Waals surface area contributed by atoms with Gasteiger partial charge >= 0.3 is 0 Å². The van der Waals surface area contributed by atoms with Crippen molar-refractivity contribution >= 4 is 265 Å². The molecule has 6 aromatic heterocycles. The topological polar surface area (TPSA) is 173 Å². The van der Waals surface area contributed by atoms with Crippen LogP contribution in [0.25, 0.3) is 182 Å². The highest BCUT2D eigenvalue weighted by atomic mass is 35.5. The SMILES string of the molecule is O=C(NCCSSCCNC(=O)c1ccc(-c2c3nc(c(-c4c(Cl)cccc4Cl)c4ccc([nH]4)c(-c4c(Cl)cccc4Cl)c4nc(c(-c5c(Cl)cccc5Cl)c5ccc2[nH]5)C=C4)C=C3)cc1)c1ccc(-c2c3nc(c(-c4c(Cl)cccc4Cl)c4ccc([nH]4)c(-c4c(Cl)cccc4Cl)c4nc(c(-c5c(Cl)cccc5Cl)c5ccc2[nH]5)C=C4)C=C3)cc1. The monoisotopic (exact) mass is 1840 g/mol. The van der Waals surface area contributed by atoms with Crippen molar-refractivity contribution in [1.29, 1.82) is 0 Å². The molecule has 2 amide bonds. The van der Waals surface area contributed by atoms with Gasteiger partial charge in [0.05, 0.1) is 106 Å². The van der Waals surface area contributed by atoms with E-state index in [2.05, 4.69) is 30.6 Å². The standard InChI is InChI=1S/C94H56Cl12N10O2S2/c95-51-7-1-8-52(96)81(51)87-67-31-27-63(109-67)79(64-28-32-68(110-64)88(82-53(97)9-2-10-54(82)98)72-36-40-76(114-72)91(75-39-35-71(87)113-75)85-59(103)15-5-16-60(85)104)47-19-23-49(24-20-47)93(117)107-43-45-119-120-46-44-108-94(118)50-25-21-48(22-26-50)80-65-29-33-69(111-65)89(83-55(99)11-3-12-56(83)100)73-37-41-77(115-73)92(86-61(105)17-6-18-62(86)106)78-42-38-74(116-78)90(70-34-30-66(80)112-70)84-57(101)13-4-14-58(84)102/h1-42,109,111,114,116H,43-46H2,(H,107,117)(H,108,118). The van der Waals surface area contributed by atoms with Crippen LogP contribution in [0.3, 0.4) is 0 Å². The molecule has 18 rings (SSSR count). The van der Waals surface area contributed by atoms with Crippen LogP contribution in [-0.2, 0) is 0 Å². The number of rotatable bonds is 17. The van der Waals surface area contributed by atoms with Crippen molar-refractivity contribution in [2.45, 2.75) is 0 Å². The summed E-state index contributed by atoms with van der Waals surface area (Å²) < 4.78 is 0. The Morgan fingerprint density at radius 1 is 0.233 bits per heavy atom. The predicted molar refractivity (Wildman–Crippen MR) is 511 cm³/mol. The van der Waals surface area contributed by atoms with Crippen molar-refractivity contribution in [3.8, 4) is 89.0 Å². The third kappa shape index (κ3) is 15.7. The molecule has 0 saturated carbocycles. The Balaban J connectivity index is 0.602. The summed E-state index contributed by atoms with van der Waals surface area (Å²) in [4.78, 5) is 64.2. The van der Waals surface area contributed by atoms with E-state index in [1.54, 1.807) is 155 Å². The molecule has 10 heterocycles. The van der Waals surface area contributed by atoms with E-state index < -0.39 is 0 Å². The van der Waals surface area contributed by atoms with Crippen LogP contribution in [0, 0.1) is 0 Å². The molecular weight excluding hydrogens is 1790 g/mol. The van der Waals surface area contributed by atoms with Crippen LogP contribution in [0.15, 0.2) is 206 Å². The second-order valence-corrected chi connectivity index (χ2v) is 35.5. The smallest absolute Gasteiger partial charge is 0.251 e. The van der Waals surface area contributed by atoms with Crippen LogP contribution in [0.1, 0.15) is 66.3 Å². The molecule has 0 aliphatic carbocycles. The second kappa shape index (κ2) is 34.5. The number of fused-ring (bicyclic) bond motifs is 16. The van der Waals surface area contributed by atoms with Crippen molar-refractivity contribution in [2.24, 2.45) is 0 Å². The summed E-state index contributed by atoms with van der Waals surface area (Å²) in [5, 5.41) is 11.1. The zero-order chi connectivity index (χ0) is 82.7. The van der Waals surface area contributed by atoms with Gasteiger partial charge < -0.3 is 30.6 Å². The van der Waals surface area contributed by atoms with Crippen molar-refractivity contribution in [2.75, 3.05) is 24.6 Å². The fourth-order valence-electron chi connectivity index (χ4n) is 15.3. The summed E-state index contributed by atoms with van der Waals surface area (Å²) in [6.45, 7) is 0.764. The first-order chi connectivity index (χ1) is 58.3. The van der Waals surface area contributed by atoms with Gasteiger partial charge in [0.2, 0.25) is 0 Å². The van der Waals surface area contributed by atoms with Gasteiger partial charge in [-0.15, -0.1) is 0 Å². The van der Waals surface area contributed by atoms with E-state index >= 15 is 0 Å². The molecule has 4 aliphatic rings. The number of amides is 2. The van der Waals surface area contributed by atoms with Gasteiger partial charge in [0.15, 0.2) is 0 Å². The lowest BCUT2D eigenvalue weighted by Gasteiger charge is -2.11. The molecule has 0 radical (unpaired) electrons. The molecule has 0 unspecified atom stereocenters. The molecule has 16 bridgehead atoms. The van der Waals surface area contributed by atoms with Gasteiger partial charge in [-0.05, 0) is 205 Å². The summed E-state index contributed by atoms with van der Waals surface area (Å²) in [5.41, 5.74) is 20.8. The largest absolute Gasteiger partial charge is 0.354 e. The number of aromatic amines is 4. The Morgan fingerprint density at radius 2 is 0.408 bits per heavy atom. The molecular formula is C94H56Cl12N10O2S2. The van der Waals surface area contributed by atoms with E-state index in [0.717, 1.165) is 22.3 Å². The highest BCUT2D eigenvalue weighted by molar-refractivity contribution is 8.76. The molecule has 6 N–H and O–H groups in total. The highest BCUT2D eigenvalue weighted by Gasteiger charge is 2.28. The summed E-state index contributed by atoms with van der Waals surface area (Å²) in [5.74, 6) is 0.695. The minimum atomic E-state index is -0.248. The van der Waals surface area contributed by atoms with Crippen LogP contribution in [-0.4, -0.2) is 76.3 Å². The zero-order valence-electron chi connectivity index (χ0n) is 62.0. The van der Waals surface area contributed by atoms with E-state index in [1.807, 2.05) is 121 Å². The lowest BCUT2D eigenvalue weighted by molar-refractivity contribution is 0.0948. The van der Waals surface area contributed by atoms with E-state index in [4.69, 9.17) is 159 Å². The Hall–Kier alpha value is -9.92.